The van der Waals surface area contributed by atoms with Gasteiger partial charge in [0.05, 0.1) is 12.2 Å². The minimum atomic E-state index is -0.935. The molecule has 1 N–H and O–H groups in total. The van der Waals surface area contributed by atoms with Crippen LogP contribution in [-0.4, -0.2) is 23.8 Å². The van der Waals surface area contributed by atoms with Crippen LogP contribution in [0.2, 0.25) is 0 Å². The molecular formula is C9H12O5. The van der Waals surface area contributed by atoms with Gasteiger partial charge in [0.2, 0.25) is 0 Å². The minimum Gasteiger partial charge on any atom is -0.462 e. The van der Waals surface area contributed by atoms with E-state index in [1.54, 1.807) is 6.92 Å². The SMILES string of the molecule is C=C(C=C(C)C(=O)OO)C(=O)OCC. The highest BCUT2D eigenvalue weighted by atomic mass is 17.1. The van der Waals surface area contributed by atoms with Gasteiger partial charge in [0, 0.05) is 5.57 Å². The molecular weight excluding hydrogens is 188 g/mol. The highest BCUT2D eigenvalue weighted by Crippen LogP contribution is 2.03. The summed E-state index contributed by atoms with van der Waals surface area (Å²) in [4.78, 5) is 25.2. The normalized spacial score (nSPS) is 10.6. The maximum Gasteiger partial charge on any atom is 0.368 e. The number of esters is 1. The van der Waals surface area contributed by atoms with Gasteiger partial charge in [-0.15, -0.1) is 0 Å². The third-order valence-corrected chi connectivity index (χ3v) is 1.33. The summed E-state index contributed by atoms with van der Waals surface area (Å²) in [5.74, 6) is -1.55. The zero-order chi connectivity index (χ0) is 11.1. The zero-order valence-electron chi connectivity index (χ0n) is 8.07. The summed E-state index contributed by atoms with van der Waals surface area (Å²) in [7, 11) is 0. The second-order valence-electron chi connectivity index (χ2n) is 2.45. The molecule has 0 aromatic heterocycles. The number of rotatable bonds is 4. The van der Waals surface area contributed by atoms with Crippen LogP contribution in [0.3, 0.4) is 0 Å². The number of hydrogen-bond acceptors (Lipinski definition) is 5. The molecule has 0 aliphatic rings. The highest BCUT2D eigenvalue weighted by Gasteiger charge is 2.09. The molecule has 0 unspecified atom stereocenters. The van der Waals surface area contributed by atoms with Crippen LogP contribution in [0, 0.1) is 0 Å². The van der Waals surface area contributed by atoms with E-state index in [0.29, 0.717) is 0 Å². The molecule has 0 atom stereocenters. The molecule has 5 nitrogen and oxygen atoms in total. The maximum atomic E-state index is 11.0. The molecule has 0 aromatic rings. The average Bonchev–Trinajstić information content (AvgIpc) is 2.16. The van der Waals surface area contributed by atoms with Crippen molar-refractivity contribution in [2.75, 3.05) is 6.61 Å². The second kappa shape index (κ2) is 5.93. The van der Waals surface area contributed by atoms with Crippen LogP contribution in [-0.2, 0) is 19.2 Å². The molecule has 0 aliphatic carbocycles. The van der Waals surface area contributed by atoms with Crippen LogP contribution < -0.4 is 0 Å². The van der Waals surface area contributed by atoms with E-state index in [0.717, 1.165) is 0 Å². The first-order valence-corrected chi connectivity index (χ1v) is 3.93. The standard InChI is InChI=1S/C9H12O5/c1-4-13-8(10)6(2)5-7(3)9(11)14-12/h5,12H,2,4H2,1,3H3. The van der Waals surface area contributed by atoms with Crippen molar-refractivity contribution in [2.45, 2.75) is 13.8 Å². The third kappa shape index (κ3) is 3.86. The lowest BCUT2D eigenvalue weighted by atomic mass is 10.2. The third-order valence-electron chi connectivity index (χ3n) is 1.33. The molecule has 0 fully saturated rings. The largest absolute Gasteiger partial charge is 0.462 e. The Hall–Kier alpha value is -1.62. The van der Waals surface area contributed by atoms with Crippen molar-refractivity contribution in [1.29, 1.82) is 0 Å². The Morgan fingerprint density at radius 2 is 2.00 bits per heavy atom. The van der Waals surface area contributed by atoms with E-state index in [1.165, 1.54) is 13.0 Å². The monoisotopic (exact) mass is 200 g/mol. The zero-order valence-corrected chi connectivity index (χ0v) is 8.07. The fourth-order valence-electron chi connectivity index (χ4n) is 0.675. The smallest absolute Gasteiger partial charge is 0.368 e. The van der Waals surface area contributed by atoms with Gasteiger partial charge >= 0.3 is 11.9 Å². The lowest BCUT2D eigenvalue weighted by Crippen LogP contribution is -2.08. The minimum absolute atomic E-state index is 0.0229. The molecule has 0 amide bonds. The predicted octanol–water partition coefficient (Wildman–Crippen LogP) is 1.07. The quantitative estimate of drug-likeness (QED) is 0.241. The predicted molar refractivity (Wildman–Crippen MR) is 48.3 cm³/mol. The highest BCUT2D eigenvalue weighted by molar-refractivity contribution is 5.95. The fourth-order valence-corrected chi connectivity index (χ4v) is 0.675. The van der Waals surface area contributed by atoms with Crippen molar-refractivity contribution in [1.82, 2.24) is 0 Å². The van der Waals surface area contributed by atoms with E-state index in [9.17, 15) is 9.59 Å². The van der Waals surface area contributed by atoms with Crippen LogP contribution in [0.1, 0.15) is 13.8 Å². The summed E-state index contributed by atoms with van der Waals surface area (Å²) in [6.45, 7) is 6.66. The first kappa shape index (κ1) is 12.4. The summed E-state index contributed by atoms with van der Waals surface area (Å²) in [5.41, 5.74) is 0.0836. The van der Waals surface area contributed by atoms with Crippen molar-refractivity contribution in [3.8, 4) is 0 Å². The molecule has 0 radical (unpaired) electrons. The molecule has 14 heavy (non-hydrogen) atoms. The van der Waals surface area contributed by atoms with Gasteiger partial charge in [-0.05, 0) is 19.9 Å². The lowest BCUT2D eigenvalue weighted by Gasteiger charge is -2.01. The summed E-state index contributed by atoms with van der Waals surface area (Å²) in [6, 6.07) is 0. The van der Waals surface area contributed by atoms with E-state index in [4.69, 9.17) is 5.26 Å². The van der Waals surface area contributed by atoms with Gasteiger partial charge < -0.3 is 4.74 Å². The Morgan fingerprint density at radius 1 is 1.43 bits per heavy atom. The van der Waals surface area contributed by atoms with Crippen LogP contribution in [0.15, 0.2) is 23.8 Å². The number of carbonyl (C=O) groups is 2. The Balaban J connectivity index is 4.43. The molecule has 0 aromatic carbocycles. The first-order chi connectivity index (χ1) is 6.52. The van der Waals surface area contributed by atoms with Crippen molar-refractivity contribution in [3.05, 3.63) is 23.8 Å². The van der Waals surface area contributed by atoms with Gasteiger partial charge in [-0.2, -0.15) is 5.26 Å². The van der Waals surface area contributed by atoms with Crippen molar-refractivity contribution in [2.24, 2.45) is 0 Å². The van der Waals surface area contributed by atoms with Crippen LogP contribution in [0.5, 0.6) is 0 Å². The molecule has 0 rings (SSSR count). The van der Waals surface area contributed by atoms with Crippen LogP contribution in [0.25, 0.3) is 0 Å². The molecule has 0 bridgehead atoms. The first-order valence-electron chi connectivity index (χ1n) is 3.93. The summed E-state index contributed by atoms with van der Waals surface area (Å²) in [5, 5.41) is 8.02. The summed E-state index contributed by atoms with van der Waals surface area (Å²) < 4.78 is 4.62. The Labute approximate surface area is 81.6 Å². The van der Waals surface area contributed by atoms with Gasteiger partial charge in [-0.25, -0.2) is 9.59 Å². The van der Waals surface area contributed by atoms with Crippen molar-refractivity contribution in [3.63, 3.8) is 0 Å². The Morgan fingerprint density at radius 3 is 2.43 bits per heavy atom. The topological polar surface area (TPSA) is 72.8 Å². The Kier molecular flexibility index (Phi) is 5.24. The molecule has 78 valence electrons. The molecule has 0 spiro atoms. The number of carbonyl (C=O) groups excluding carboxylic acids is 2. The fraction of sp³-hybridized carbons (Fsp3) is 0.333. The van der Waals surface area contributed by atoms with Gasteiger partial charge in [-0.1, -0.05) is 6.58 Å². The molecule has 0 aliphatic heterocycles. The maximum absolute atomic E-state index is 11.0. The second-order valence-corrected chi connectivity index (χ2v) is 2.45. The van der Waals surface area contributed by atoms with Gasteiger partial charge in [0.1, 0.15) is 0 Å². The van der Waals surface area contributed by atoms with Gasteiger partial charge in [0.25, 0.3) is 0 Å². The molecule has 0 heterocycles. The molecule has 0 saturated carbocycles. The van der Waals surface area contributed by atoms with Gasteiger partial charge in [-0.3, -0.25) is 4.89 Å². The molecule has 0 saturated heterocycles. The number of ether oxygens (including phenoxy) is 1. The van der Waals surface area contributed by atoms with Crippen LogP contribution >= 0.6 is 0 Å². The van der Waals surface area contributed by atoms with Crippen molar-refractivity contribution >= 4 is 11.9 Å². The van der Waals surface area contributed by atoms with Crippen molar-refractivity contribution < 1.29 is 24.5 Å². The van der Waals surface area contributed by atoms with Crippen LogP contribution in [0.4, 0.5) is 0 Å². The van der Waals surface area contributed by atoms with E-state index in [-0.39, 0.29) is 17.8 Å². The van der Waals surface area contributed by atoms with E-state index >= 15 is 0 Å². The summed E-state index contributed by atoms with van der Waals surface area (Å²) >= 11 is 0. The number of hydrogen-bond donors (Lipinski definition) is 1. The van der Waals surface area contributed by atoms with E-state index in [1.807, 2.05) is 0 Å². The van der Waals surface area contributed by atoms with Gasteiger partial charge in [0.15, 0.2) is 0 Å². The summed E-state index contributed by atoms with van der Waals surface area (Å²) in [6.07, 6.45) is 1.18. The van der Waals surface area contributed by atoms with E-state index in [2.05, 4.69) is 16.2 Å². The van der Waals surface area contributed by atoms with E-state index < -0.39 is 11.9 Å². The Bertz CT molecular complexity index is 277. The average molecular weight is 200 g/mol. The lowest BCUT2D eigenvalue weighted by molar-refractivity contribution is -0.229. The molecule has 5 heteroatoms.